The normalized spacial score (nSPS) is 16.6. The number of fused-ring (bicyclic) bond motifs is 20. The van der Waals surface area contributed by atoms with Gasteiger partial charge in [0, 0.05) is 36.8 Å². The molecule has 0 radical (unpaired) electrons. The van der Waals surface area contributed by atoms with Gasteiger partial charge in [-0.3, -0.25) is 0 Å². The zero-order valence-corrected chi connectivity index (χ0v) is 44.3. The van der Waals surface area contributed by atoms with Crippen LogP contribution >= 0.6 is 0 Å². The average Bonchev–Trinajstić information content (AvgIpc) is 4.41. The number of para-hydroxylation sites is 2. The van der Waals surface area contributed by atoms with Crippen molar-refractivity contribution in [3.63, 3.8) is 0 Å². The lowest BCUT2D eigenvalue weighted by molar-refractivity contribution is 0.793. The fourth-order valence-corrected chi connectivity index (χ4v) is 26.2. The van der Waals surface area contributed by atoms with Gasteiger partial charge in [0.1, 0.15) is 16.1 Å². The van der Waals surface area contributed by atoms with Gasteiger partial charge in [-0.2, -0.15) is 0 Å². The van der Waals surface area contributed by atoms with Crippen molar-refractivity contribution in [1.29, 1.82) is 0 Å². The topological polar surface area (TPSA) is 6.48 Å². The molecular formula is C71H54N2Si2. The summed E-state index contributed by atoms with van der Waals surface area (Å²) >= 11 is 0. The molecule has 3 spiro atoms. The molecule has 75 heavy (non-hydrogen) atoms. The van der Waals surface area contributed by atoms with Crippen molar-refractivity contribution in [3.05, 3.63) is 285 Å². The van der Waals surface area contributed by atoms with Crippen LogP contribution in [-0.4, -0.2) is 30.2 Å². The molecule has 10 aromatic carbocycles. The van der Waals surface area contributed by atoms with Gasteiger partial charge in [0.15, 0.2) is 0 Å². The molecule has 2 nitrogen and oxygen atoms in total. The average molecular weight is 991 g/mol. The minimum atomic E-state index is -2.07. The molecule has 2 aliphatic carbocycles. The van der Waals surface area contributed by atoms with Crippen molar-refractivity contribution < 1.29 is 0 Å². The molecule has 0 unspecified atom stereocenters. The molecule has 4 heteroatoms. The molecule has 6 aliphatic rings. The first-order chi connectivity index (χ1) is 36.9. The van der Waals surface area contributed by atoms with E-state index in [0.717, 1.165) is 0 Å². The van der Waals surface area contributed by atoms with Gasteiger partial charge >= 0.3 is 0 Å². The van der Waals surface area contributed by atoms with Crippen molar-refractivity contribution in [3.8, 4) is 22.3 Å². The molecule has 4 heterocycles. The molecule has 10 aromatic rings. The van der Waals surface area contributed by atoms with Crippen LogP contribution in [0.15, 0.2) is 218 Å². The summed E-state index contributed by atoms with van der Waals surface area (Å²) in [6.07, 6.45) is 9.38. The third kappa shape index (κ3) is 5.95. The van der Waals surface area contributed by atoms with Gasteiger partial charge in [-0.1, -0.05) is 206 Å². The Balaban J connectivity index is 0.774. The highest BCUT2D eigenvalue weighted by Gasteiger charge is 2.53. The van der Waals surface area contributed by atoms with E-state index in [4.69, 9.17) is 0 Å². The number of hydrogen-bond acceptors (Lipinski definition) is 2. The molecule has 0 fully saturated rings. The molecular weight excluding hydrogens is 937 g/mol. The minimum Gasteiger partial charge on any atom is -0.345 e. The number of hydrogen-bond donors (Lipinski definition) is 0. The smallest absolute Gasteiger partial charge is 0.132 e. The first kappa shape index (κ1) is 43.1. The Morgan fingerprint density at radius 3 is 1.05 bits per heavy atom. The fraction of sp³-hybridized carbons (Fsp3) is 0.0986. The molecule has 0 atom stereocenters. The van der Waals surface area contributed by atoms with E-state index < -0.39 is 21.6 Å². The first-order valence-corrected chi connectivity index (χ1v) is 31.7. The van der Waals surface area contributed by atoms with E-state index in [1.165, 1.54) is 136 Å². The van der Waals surface area contributed by atoms with Crippen molar-refractivity contribution in [2.24, 2.45) is 0 Å². The van der Waals surface area contributed by atoms with Crippen LogP contribution < -0.4 is 30.5 Å². The van der Waals surface area contributed by atoms with Crippen molar-refractivity contribution in [2.75, 3.05) is 23.9 Å². The van der Waals surface area contributed by atoms with Crippen LogP contribution in [0.2, 0.25) is 0 Å². The van der Waals surface area contributed by atoms with Gasteiger partial charge in [0.05, 0.1) is 5.41 Å². The van der Waals surface area contributed by atoms with Crippen LogP contribution in [0, 0.1) is 0 Å². The second-order valence-electron chi connectivity index (χ2n) is 22.2. The van der Waals surface area contributed by atoms with E-state index in [2.05, 4.69) is 267 Å². The summed E-state index contributed by atoms with van der Waals surface area (Å²) in [6, 6.07) is 88.9. The summed E-state index contributed by atoms with van der Waals surface area (Å²) in [5, 5.41) is 6.28. The third-order valence-corrected chi connectivity index (χ3v) is 28.4. The maximum absolute atomic E-state index is 2.50. The molecule has 0 amide bonds. The van der Waals surface area contributed by atoms with Crippen LogP contribution in [-0.2, 0) is 29.6 Å². The molecule has 0 saturated carbocycles. The zero-order valence-electron chi connectivity index (χ0n) is 42.3. The van der Waals surface area contributed by atoms with Crippen LogP contribution in [0.3, 0.4) is 0 Å². The summed E-state index contributed by atoms with van der Waals surface area (Å²) < 4.78 is 0. The highest BCUT2D eigenvalue weighted by Crippen LogP contribution is 2.63. The minimum absolute atomic E-state index is 0.453. The van der Waals surface area contributed by atoms with E-state index >= 15 is 0 Å². The maximum Gasteiger partial charge on any atom is 0.132 e. The first-order valence-electron chi connectivity index (χ1n) is 26.9. The zero-order chi connectivity index (χ0) is 49.6. The SMILES string of the molecule is CN1c2ccccc2[Si]2(Cc3ccccc3C2)c2ccc(C=Cc3ccc4c(c3)C3(c5ccccc5-c5ccccc53)c3cc(C=Cc5ccc6c(c5)N(C)c5ccccc5[Si]65Cc6ccccc6C5)ccc3-4)cc21. The number of nitrogens with zero attached hydrogens (tertiary/aromatic N) is 2. The predicted octanol–water partition coefficient (Wildman–Crippen LogP) is 13.4. The van der Waals surface area contributed by atoms with Crippen LogP contribution in [0.25, 0.3) is 46.6 Å². The number of rotatable bonds is 4. The predicted molar refractivity (Wildman–Crippen MR) is 320 cm³/mol. The van der Waals surface area contributed by atoms with Gasteiger partial charge in [-0.15, -0.1) is 0 Å². The second kappa shape index (κ2) is 15.9. The lowest BCUT2D eigenvalue weighted by atomic mass is 9.70. The maximum atomic E-state index is 2.50. The third-order valence-electron chi connectivity index (χ3n) is 18.6. The van der Waals surface area contributed by atoms with Crippen molar-refractivity contribution in [2.45, 2.75) is 29.6 Å². The highest BCUT2D eigenvalue weighted by molar-refractivity contribution is 7.05. The van der Waals surface area contributed by atoms with Gasteiger partial charge in [-0.05, 0) is 170 Å². The van der Waals surface area contributed by atoms with E-state index in [1.54, 1.807) is 20.7 Å². The van der Waals surface area contributed by atoms with Crippen LogP contribution in [0.1, 0.15) is 66.8 Å². The summed E-state index contributed by atoms with van der Waals surface area (Å²) in [6.45, 7) is 0. The van der Waals surface area contributed by atoms with Gasteiger partial charge in [-0.25, -0.2) is 0 Å². The molecule has 0 saturated heterocycles. The lowest BCUT2D eigenvalue weighted by Crippen LogP contribution is -2.64. The van der Waals surface area contributed by atoms with E-state index in [-0.39, 0.29) is 0 Å². The van der Waals surface area contributed by atoms with Crippen molar-refractivity contribution >= 4 is 83.9 Å². The van der Waals surface area contributed by atoms with E-state index in [9.17, 15) is 0 Å². The van der Waals surface area contributed by atoms with Crippen LogP contribution in [0.4, 0.5) is 22.7 Å². The molecule has 0 aromatic heterocycles. The Hall–Kier alpha value is -8.29. The standard InChI is InChI=1S/C71H54N2Si2/c1-72-63-23-11-13-25-67(63)74(43-51-15-3-4-16-52(51)44-74)69-37-33-49(41-65(69)72)29-27-47-31-35-57-58-36-32-48(40-62(58)71(61(57)39-47)59-21-9-7-19-55(59)56-20-8-10-22-60(56)71)28-30-50-34-38-70-66(42-50)73(2)64-24-12-14-26-68(64)75(70)45-53-17-5-6-18-54(53)46-75/h3-42H,43-46H2,1-2H3. The Labute approximate surface area is 442 Å². The second-order valence-corrected chi connectivity index (χ2v) is 30.1. The Kier molecular flexibility index (Phi) is 9.13. The highest BCUT2D eigenvalue weighted by atomic mass is 28.3. The molecule has 0 N–H and O–H groups in total. The Morgan fingerprint density at radius 2 is 0.627 bits per heavy atom. The largest absolute Gasteiger partial charge is 0.345 e. The summed E-state index contributed by atoms with van der Waals surface area (Å²) in [5.74, 6) is 0. The van der Waals surface area contributed by atoms with Gasteiger partial charge in [0.2, 0.25) is 0 Å². The van der Waals surface area contributed by atoms with E-state index in [0.29, 0.717) is 0 Å². The lowest BCUT2D eigenvalue weighted by Gasteiger charge is -2.41. The fourth-order valence-electron chi connectivity index (χ4n) is 15.3. The van der Waals surface area contributed by atoms with Crippen molar-refractivity contribution in [1.82, 2.24) is 0 Å². The molecule has 16 rings (SSSR count). The Morgan fingerprint density at radius 1 is 0.307 bits per heavy atom. The van der Waals surface area contributed by atoms with Crippen LogP contribution in [0.5, 0.6) is 0 Å². The summed E-state index contributed by atoms with van der Waals surface area (Å²) in [5.41, 5.74) is 26.7. The van der Waals surface area contributed by atoms with Gasteiger partial charge in [0.25, 0.3) is 0 Å². The number of anilines is 4. The number of benzene rings is 10. The Bertz CT molecular complexity index is 3840. The molecule has 356 valence electrons. The molecule has 4 aliphatic heterocycles. The quantitative estimate of drug-likeness (QED) is 0.128. The monoisotopic (exact) mass is 990 g/mol. The molecule has 0 bridgehead atoms. The summed E-state index contributed by atoms with van der Waals surface area (Å²) in [7, 11) is 0.396. The van der Waals surface area contributed by atoms with E-state index in [1.807, 2.05) is 0 Å². The summed E-state index contributed by atoms with van der Waals surface area (Å²) in [4.78, 5) is 4.91. The van der Waals surface area contributed by atoms with Gasteiger partial charge < -0.3 is 9.80 Å².